The van der Waals surface area contributed by atoms with Gasteiger partial charge < -0.3 is 40.6 Å². The van der Waals surface area contributed by atoms with E-state index in [1.807, 2.05) is 24.3 Å². The molecule has 0 aliphatic rings. The molecule has 0 unspecified atom stereocenters. The molecule has 6 rings (SSSR count). The largest absolute Gasteiger partial charge is 0.481 e. The molecule has 0 spiro atoms. The number of nitrogen functional groups attached to an aromatic ring is 2. The van der Waals surface area contributed by atoms with Crippen LogP contribution in [0.2, 0.25) is 0 Å². The van der Waals surface area contributed by atoms with Crippen molar-refractivity contribution in [1.82, 2.24) is 39.0 Å². The van der Waals surface area contributed by atoms with Crippen LogP contribution in [0, 0.1) is 0 Å². The zero-order valence-electron chi connectivity index (χ0n) is 31.8. The number of carboxylic acid groups (broad SMARTS) is 2. The number of anilines is 2. The summed E-state index contributed by atoms with van der Waals surface area (Å²) < 4.78 is 25.5. The van der Waals surface area contributed by atoms with Gasteiger partial charge in [0.15, 0.2) is 34.0 Å². The number of methoxy groups -OCH3 is 2. The first-order chi connectivity index (χ1) is 27.0. The summed E-state index contributed by atoms with van der Waals surface area (Å²) in [6.45, 7) is 6.03. The fraction of sp³-hybridized carbons (Fsp3) is 0.368. The maximum absolute atomic E-state index is 10.8. The number of nitrogens with two attached hydrogens (primary N) is 2. The number of hydrogen-bond donors (Lipinski definition) is 4. The number of ether oxygens (including phenoxy) is 4. The lowest BCUT2D eigenvalue weighted by molar-refractivity contribution is -0.137. The average Bonchev–Trinajstić information content (AvgIpc) is 3.71. The molecule has 0 radical (unpaired) electrons. The lowest BCUT2D eigenvalue weighted by atomic mass is 10.1. The quantitative estimate of drug-likeness (QED) is 0.0875. The zero-order chi connectivity index (χ0) is 40.2. The van der Waals surface area contributed by atoms with Crippen molar-refractivity contribution in [2.24, 2.45) is 0 Å². The van der Waals surface area contributed by atoms with E-state index in [2.05, 4.69) is 43.8 Å². The Balaban J connectivity index is 0.000000214. The van der Waals surface area contributed by atoms with Gasteiger partial charge in [-0.2, -0.15) is 29.9 Å². The summed E-state index contributed by atoms with van der Waals surface area (Å²) in [6, 6.07) is 15.8. The van der Waals surface area contributed by atoms with Gasteiger partial charge in [0.1, 0.15) is 0 Å². The average molecular weight is 771 g/mol. The first-order valence-corrected chi connectivity index (χ1v) is 18.0. The van der Waals surface area contributed by atoms with Crippen LogP contribution >= 0.6 is 0 Å². The summed E-state index contributed by atoms with van der Waals surface area (Å²) in [6.07, 6.45) is 3.77. The molecule has 0 bridgehead atoms. The summed E-state index contributed by atoms with van der Waals surface area (Å²) in [7, 11) is 3.05. The number of benzene rings is 2. The van der Waals surface area contributed by atoms with Gasteiger partial charge in [-0.25, -0.2) is 0 Å². The second-order valence-corrected chi connectivity index (χ2v) is 12.7. The van der Waals surface area contributed by atoms with Crippen molar-refractivity contribution in [3.8, 4) is 24.0 Å². The number of hydrogen-bond acceptors (Lipinski definition) is 14. The summed E-state index contributed by atoms with van der Waals surface area (Å²) in [4.78, 5) is 47.7. The smallest absolute Gasteiger partial charge is 0.320 e. The number of carboxylic acids is 2. The fourth-order valence-corrected chi connectivity index (χ4v) is 5.54. The maximum Gasteiger partial charge on any atom is 0.320 e. The minimum Gasteiger partial charge on any atom is -0.481 e. The molecule has 6 N–H and O–H groups in total. The number of fused-ring (bicyclic) bond motifs is 2. The molecule has 0 atom stereocenters. The molecule has 56 heavy (non-hydrogen) atoms. The van der Waals surface area contributed by atoms with Gasteiger partial charge in [-0.1, -0.05) is 75.2 Å². The summed E-state index contributed by atoms with van der Waals surface area (Å²) in [5.41, 5.74) is 17.4. The third kappa shape index (κ3) is 10.3. The van der Waals surface area contributed by atoms with E-state index in [0.29, 0.717) is 60.7 Å². The Morgan fingerprint density at radius 3 is 1.27 bits per heavy atom. The molecule has 0 saturated carbocycles. The van der Waals surface area contributed by atoms with Crippen LogP contribution in [0.15, 0.2) is 48.5 Å². The second kappa shape index (κ2) is 19.0. The Bertz CT molecular complexity index is 2100. The van der Waals surface area contributed by atoms with Gasteiger partial charge in [-0.3, -0.25) is 18.7 Å². The van der Waals surface area contributed by atoms with E-state index in [4.69, 9.17) is 40.6 Å². The third-order valence-corrected chi connectivity index (χ3v) is 8.39. The van der Waals surface area contributed by atoms with Gasteiger partial charge in [0, 0.05) is 0 Å². The second-order valence-electron chi connectivity index (χ2n) is 12.7. The molecule has 6 aromatic rings. The predicted octanol–water partition coefficient (Wildman–Crippen LogP) is 4.54. The number of carbonyl (C=O) groups is 2. The molecule has 0 aliphatic heterocycles. The van der Waals surface area contributed by atoms with Crippen LogP contribution in [0.1, 0.15) is 61.8 Å². The molecular formula is C38H46N10O8. The molecular weight excluding hydrogens is 724 g/mol. The van der Waals surface area contributed by atoms with Crippen LogP contribution in [0.25, 0.3) is 22.3 Å². The Morgan fingerprint density at radius 1 is 0.589 bits per heavy atom. The summed E-state index contributed by atoms with van der Waals surface area (Å²) in [5, 5.41) is 17.8. The van der Waals surface area contributed by atoms with Crippen molar-refractivity contribution < 1.29 is 38.7 Å². The van der Waals surface area contributed by atoms with Crippen molar-refractivity contribution >= 4 is 45.9 Å². The number of nitrogens with zero attached hydrogens (tertiary/aromatic N) is 8. The Hall–Kier alpha value is -6.72. The van der Waals surface area contributed by atoms with Crippen molar-refractivity contribution in [3.63, 3.8) is 0 Å². The van der Waals surface area contributed by atoms with E-state index in [1.54, 1.807) is 33.4 Å². The van der Waals surface area contributed by atoms with Gasteiger partial charge in [-0.15, -0.1) is 0 Å². The molecule has 296 valence electrons. The van der Waals surface area contributed by atoms with E-state index in [-0.39, 0.29) is 36.5 Å². The van der Waals surface area contributed by atoms with Crippen molar-refractivity contribution in [2.75, 3.05) is 38.9 Å². The van der Waals surface area contributed by atoms with Gasteiger partial charge >= 0.3 is 24.0 Å². The van der Waals surface area contributed by atoms with E-state index in [9.17, 15) is 9.59 Å². The topological polar surface area (TPSA) is 251 Å². The third-order valence-electron chi connectivity index (χ3n) is 8.39. The predicted molar refractivity (Wildman–Crippen MR) is 207 cm³/mol. The van der Waals surface area contributed by atoms with E-state index >= 15 is 0 Å². The lowest BCUT2D eigenvalue weighted by Gasteiger charge is -2.09. The lowest BCUT2D eigenvalue weighted by Crippen LogP contribution is -2.07. The molecule has 0 aliphatic carbocycles. The summed E-state index contributed by atoms with van der Waals surface area (Å²) in [5.74, 6) is -1.27. The van der Waals surface area contributed by atoms with E-state index < -0.39 is 11.9 Å². The molecule has 0 saturated heterocycles. The van der Waals surface area contributed by atoms with Gasteiger partial charge in [0.05, 0.1) is 53.4 Å². The van der Waals surface area contributed by atoms with Gasteiger partial charge in [0.2, 0.25) is 0 Å². The minimum absolute atomic E-state index is 0.0141. The zero-order valence-corrected chi connectivity index (χ0v) is 31.8. The first kappa shape index (κ1) is 40.5. The van der Waals surface area contributed by atoms with Crippen LogP contribution in [-0.4, -0.2) is 88.6 Å². The molecule has 4 aromatic heterocycles. The van der Waals surface area contributed by atoms with Crippen LogP contribution in [0.3, 0.4) is 0 Å². The number of imidazole rings is 2. The number of aromatic nitrogens is 8. The van der Waals surface area contributed by atoms with Crippen LogP contribution in [-0.2, 0) is 35.5 Å². The van der Waals surface area contributed by atoms with Crippen LogP contribution < -0.4 is 30.4 Å². The van der Waals surface area contributed by atoms with Gasteiger partial charge in [-0.05, 0) is 35.1 Å². The molecule has 18 nitrogen and oxygen atoms in total. The molecule has 0 fully saturated rings. The van der Waals surface area contributed by atoms with E-state index in [1.165, 1.54) is 14.2 Å². The standard InChI is InChI=1S/2C19H23N5O4/c2*1-3-4-9-28-18-22-16(20)15-17(23-18)24(19(21-15)27-2)11-13-7-5-12(6-8-13)10-14(25)26/h2*5-8H,3-4,9-11H2,1-2H3,(H,25,26)(H2,20,22,23). The SMILES string of the molecule is CCCCOc1nc(N)c2nc(OC)n(Cc3ccc(CC(=O)O)cc3)c2n1.CCCCOc1nc(N)c2nc(OC)n(Cc3ccc(CC(=O)O)cc3)c2n1. The van der Waals surface area contributed by atoms with Crippen molar-refractivity contribution in [3.05, 3.63) is 70.8 Å². The Kier molecular flexibility index (Phi) is 13.8. The molecule has 18 heteroatoms. The molecule has 2 aromatic carbocycles. The van der Waals surface area contributed by atoms with Crippen molar-refractivity contribution in [2.45, 2.75) is 65.5 Å². The summed E-state index contributed by atoms with van der Waals surface area (Å²) >= 11 is 0. The molecule has 4 heterocycles. The minimum atomic E-state index is -0.863. The van der Waals surface area contributed by atoms with Crippen LogP contribution in [0.4, 0.5) is 11.6 Å². The number of rotatable bonds is 18. The Labute approximate surface area is 322 Å². The van der Waals surface area contributed by atoms with Gasteiger partial charge in [0.25, 0.3) is 12.0 Å². The highest BCUT2D eigenvalue weighted by Crippen LogP contribution is 2.28. The maximum atomic E-state index is 10.8. The first-order valence-electron chi connectivity index (χ1n) is 18.0. The monoisotopic (exact) mass is 770 g/mol. The van der Waals surface area contributed by atoms with E-state index in [0.717, 1.165) is 47.9 Å². The van der Waals surface area contributed by atoms with Crippen LogP contribution in [0.5, 0.6) is 24.0 Å². The fourth-order valence-electron chi connectivity index (χ4n) is 5.54. The number of unbranched alkanes of at least 4 members (excludes halogenated alkanes) is 2. The molecule has 0 amide bonds. The van der Waals surface area contributed by atoms with Crippen molar-refractivity contribution in [1.29, 1.82) is 0 Å². The number of aliphatic carboxylic acids is 2. The highest BCUT2D eigenvalue weighted by molar-refractivity contribution is 5.84. The highest BCUT2D eigenvalue weighted by atomic mass is 16.5. The normalized spacial score (nSPS) is 10.9. The highest BCUT2D eigenvalue weighted by Gasteiger charge is 2.20. The Morgan fingerprint density at radius 2 is 0.946 bits per heavy atom.